The average Bonchev–Trinajstić information content (AvgIpc) is 2.21. The van der Waals surface area contributed by atoms with E-state index in [4.69, 9.17) is 22.1 Å². The molecule has 0 aliphatic carbocycles. The predicted molar refractivity (Wildman–Crippen MR) is 73.4 cm³/mol. The van der Waals surface area contributed by atoms with Gasteiger partial charge in [0.1, 0.15) is 5.60 Å². The number of nitrogens with two attached hydrogens (primary N) is 1. The van der Waals surface area contributed by atoms with Crippen LogP contribution in [-0.4, -0.2) is 18.1 Å². The summed E-state index contributed by atoms with van der Waals surface area (Å²) >= 11 is 5.90. The van der Waals surface area contributed by atoms with Crippen molar-refractivity contribution in [3.8, 4) is 0 Å². The number of nitrogen functional groups attached to an aromatic ring is 1. The number of hydrogen-bond donors (Lipinski definition) is 2. The molecule has 0 aliphatic heterocycles. The summed E-state index contributed by atoms with van der Waals surface area (Å²) in [6, 6.07) is 5.35. The van der Waals surface area contributed by atoms with E-state index in [1.54, 1.807) is 12.1 Å². The third-order valence-electron chi connectivity index (χ3n) is 2.39. The zero-order chi connectivity index (χ0) is 13.8. The molecule has 0 radical (unpaired) electrons. The molecule has 1 aromatic rings. The normalized spacial score (nSPS) is 11.3. The Bertz CT molecular complexity index is 433. The molecule has 0 aromatic heterocycles. The van der Waals surface area contributed by atoms with Crippen molar-refractivity contribution < 1.29 is 9.53 Å². The van der Waals surface area contributed by atoms with Crippen molar-refractivity contribution in [2.24, 2.45) is 0 Å². The fourth-order valence-electron chi connectivity index (χ4n) is 1.65. The molecule has 3 N–H and O–H groups in total. The molecule has 0 unspecified atom stereocenters. The lowest BCUT2D eigenvalue weighted by Gasteiger charge is -2.25. The lowest BCUT2D eigenvalue weighted by Crippen LogP contribution is -2.38. The van der Waals surface area contributed by atoms with Gasteiger partial charge in [0, 0.05) is 30.7 Å². The van der Waals surface area contributed by atoms with Gasteiger partial charge in [-0.3, -0.25) is 4.79 Å². The third-order valence-corrected chi connectivity index (χ3v) is 2.63. The van der Waals surface area contributed by atoms with E-state index in [1.165, 1.54) is 6.92 Å². The van der Waals surface area contributed by atoms with Crippen LogP contribution in [0.3, 0.4) is 0 Å². The lowest BCUT2D eigenvalue weighted by atomic mass is 10.1. The van der Waals surface area contributed by atoms with Gasteiger partial charge in [0.05, 0.1) is 0 Å². The maximum absolute atomic E-state index is 10.9. The molecule has 0 bridgehead atoms. The van der Waals surface area contributed by atoms with Crippen LogP contribution in [-0.2, 0) is 16.1 Å². The second-order valence-corrected chi connectivity index (χ2v) is 5.24. The Hall–Kier alpha value is -1.26. The number of ether oxygens (including phenoxy) is 1. The second kappa shape index (κ2) is 6.07. The first kappa shape index (κ1) is 14.8. The average molecular weight is 271 g/mol. The van der Waals surface area contributed by atoms with Crippen molar-refractivity contribution in [1.29, 1.82) is 0 Å². The zero-order valence-electron chi connectivity index (χ0n) is 10.9. The third kappa shape index (κ3) is 4.94. The summed E-state index contributed by atoms with van der Waals surface area (Å²) in [5, 5.41) is 3.85. The highest BCUT2D eigenvalue weighted by atomic mass is 35.5. The molecule has 0 fully saturated rings. The van der Waals surface area contributed by atoms with Crippen LogP contribution in [0.15, 0.2) is 18.2 Å². The molecule has 18 heavy (non-hydrogen) atoms. The van der Waals surface area contributed by atoms with Crippen LogP contribution in [0, 0.1) is 0 Å². The molecule has 5 heteroatoms. The zero-order valence-corrected chi connectivity index (χ0v) is 11.7. The molecule has 0 saturated heterocycles. The van der Waals surface area contributed by atoms with Crippen LogP contribution in [0.5, 0.6) is 0 Å². The number of anilines is 1. The molecule has 0 spiro atoms. The molecule has 1 aromatic carbocycles. The van der Waals surface area contributed by atoms with Crippen molar-refractivity contribution >= 4 is 23.3 Å². The summed E-state index contributed by atoms with van der Waals surface area (Å²) < 4.78 is 5.17. The van der Waals surface area contributed by atoms with Gasteiger partial charge in [0.25, 0.3) is 0 Å². The Morgan fingerprint density at radius 3 is 2.78 bits per heavy atom. The largest absolute Gasteiger partial charge is 0.458 e. The monoisotopic (exact) mass is 270 g/mol. The van der Waals surface area contributed by atoms with Crippen molar-refractivity contribution in [3.05, 3.63) is 28.8 Å². The summed E-state index contributed by atoms with van der Waals surface area (Å²) in [6.07, 6.45) is 0. The number of halogens is 1. The van der Waals surface area contributed by atoms with Gasteiger partial charge in [-0.1, -0.05) is 11.6 Å². The van der Waals surface area contributed by atoms with Gasteiger partial charge in [-0.2, -0.15) is 0 Å². The first-order valence-electron chi connectivity index (χ1n) is 5.74. The van der Waals surface area contributed by atoms with Crippen molar-refractivity contribution in [2.75, 3.05) is 12.3 Å². The van der Waals surface area contributed by atoms with E-state index in [2.05, 4.69) is 5.32 Å². The highest BCUT2D eigenvalue weighted by Gasteiger charge is 2.20. The fraction of sp³-hybridized carbons (Fsp3) is 0.462. The molecule has 100 valence electrons. The smallest absolute Gasteiger partial charge is 0.303 e. The summed E-state index contributed by atoms with van der Waals surface area (Å²) in [4.78, 5) is 10.9. The van der Waals surface area contributed by atoms with Crippen LogP contribution in [0.4, 0.5) is 5.69 Å². The molecule has 0 aliphatic rings. The van der Waals surface area contributed by atoms with Crippen molar-refractivity contribution in [2.45, 2.75) is 32.9 Å². The number of carbonyl (C=O) groups is 1. The van der Waals surface area contributed by atoms with Crippen LogP contribution < -0.4 is 11.1 Å². The summed E-state index contributed by atoms with van der Waals surface area (Å²) in [5.41, 5.74) is 6.92. The van der Waals surface area contributed by atoms with Gasteiger partial charge in [0.15, 0.2) is 0 Å². The Kier molecular flexibility index (Phi) is 4.99. The topological polar surface area (TPSA) is 64.3 Å². The SMILES string of the molecule is CC(=O)OC(C)(C)CNCc1cc(Cl)ccc1N. The van der Waals surface area contributed by atoms with E-state index in [9.17, 15) is 4.79 Å². The lowest BCUT2D eigenvalue weighted by molar-refractivity contribution is -0.153. The van der Waals surface area contributed by atoms with Crippen LogP contribution in [0.1, 0.15) is 26.3 Å². The minimum Gasteiger partial charge on any atom is -0.458 e. The highest BCUT2D eigenvalue weighted by Crippen LogP contribution is 2.18. The van der Waals surface area contributed by atoms with E-state index in [1.807, 2.05) is 19.9 Å². The van der Waals surface area contributed by atoms with Gasteiger partial charge in [-0.05, 0) is 37.6 Å². The molecule has 0 atom stereocenters. The maximum Gasteiger partial charge on any atom is 0.303 e. The van der Waals surface area contributed by atoms with E-state index < -0.39 is 5.60 Å². The van der Waals surface area contributed by atoms with Crippen molar-refractivity contribution in [3.63, 3.8) is 0 Å². The van der Waals surface area contributed by atoms with Crippen LogP contribution in [0.2, 0.25) is 5.02 Å². The van der Waals surface area contributed by atoms with Crippen molar-refractivity contribution in [1.82, 2.24) is 5.32 Å². The predicted octanol–water partition coefficient (Wildman–Crippen LogP) is 2.35. The molecular formula is C13H19ClN2O2. The summed E-state index contributed by atoms with van der Waals surface area (Å²) in [6.45, 7) is 6.22. The van der Waals surface area contributed by atoms with E-state index >= 15 is 0 Å². The summed E-state index contributed by atoms with van der Waals surface area (Å²) in [7, 11) is 0. The standard InChI is InChI=1S/C13H19ClN2O2/c1-9(17)18-13(2,3)8-16-7-10-6-11(14)4-5-12(10)15/h4-6,16H,7-8,15H2,1-3H3. The quantitative estimate of drug-likeness (QED) is 0.637. The Labute approximate surface area is 112 Å². The minimum absolute atomic E-state index is 0.288. The number of hydrogen-bond acceptors (Lipinski definition) is 4. The van der Waals surface area contributed by atoms with E-state index in [-0.39, 0.29) is 5.97 Å². The second-order valence-electron chi connectivity index (χ2n) is 4.80. The van der Waals surface area contributed by atoms with Gasteiger partial charge in [-0.15, -0.1) is 0 Å². The Morgan fingerprint density at radius 1 is 1.50 bits per heavy atom. The molecule has 4 nitrogen and oxygen atoms in total. The van der Waals surface area contributed by atoms with E-state index in [0.717, 1.165) is 5.56 Å². The minimum atomic E-state index is -0.542. The summed E-state index contributed by atoms with van der Waals surface area (Å²) in [5.74, 6) is -0.288. The highest BCUT2D eigenvalue weighted by molar-refractivity contribution is 6.30. The van der Waals surface area contributed by atoms with Gasteiger partial charge < -0.3 is 15.8 Å². The number of benzene rings is 1. The van der Waals surface area contributed by atoms with Gasteiger partial charge in [0.2, 0.25) is 0 Å². The number of carbonyl (C=O) groups excluding carboxylic acids is 1. The molecule has 1 rings (SSSR count). The van der Waals surface area contributed by atoms with E-state index in [0.29, 0.717) is 23.8 Å². The van der Waals surface area contributed by atoms with Crippen LogP contribution in [0.25, 0.3) is 0 Å². The maximum atomic E-state index is 10.9. The number of rotatable bonds is 5. The molecule has 0 saturated carbocycles. The first-order valence-corrected chi connectivity index (χ1v) is 6.12. The number of nitrogens with one attached hydrogen (secondary N) is 1. The molecule has 0 amide bonds. The number of esters is 1. The molecular weight excluding hydrogens is 252 g/mol. The fourth-order valence-corrected chi connectivity index (χ4v) is 1.85. The van der Waals surface area contributed by atoms with Gasteiger partial charge >= 0.3 is 5.97 Å². The Balaban J connectivity index is 2.51. The van der Waals surface area contributed by atoms with Crippen LogP contribution >= 0.6 is 11.6 Å². The first-order chi connectivity index (χ1) is 8.30. The Morgan fingerprint density at radius 2 is 2.17 bits per heavy atom. The van der Waals surface area contributed by atoms with Gasteiger partial charge in [-0.25, -0.2) is 0 Å². The molecule has 0 heterocycles.